The van der Waals surface area contributed by atoms with E-state index in [1.165, 1.54) is 83.5 Å². The molecule has 0 saturated carbocycles. The van der Waals surface area contributed by atoms with Crippen LogP contribution in [-0.2, 0) is 19.1 Å². The number of aliphatic hydroxyl groups excluding tert-OH is 2. The second-order valence-corrected chi connectivity index (χ2v) is 14.2. The molecule has 0 radical (unpaired) electrons. The summed E-state index contributed by atoms with van der Waals surface area (Å²) in [6.07, 6.45) is 43.7. The number of carbonyl (C=O) groups is 2. The van der Waals surface area contributed by atoms with Gasteiger partial charge in [-0.15, -0.1) is 0 Å². The number of ether oxygens (including phenoxy) is 2. The number of esters is 2. The molecule has 0 aromatic rings. The van der Waals surface area contributed by atoms with E-state index in [4.69, 9.17) is 9.47 Å². The molecule has 0 aliphatic rings. The van der Waals surface area contributed by atoms with Crippen molar-refractivity contribution in [2.75, 3.05) is 13.2 Å². The van der Waals surface area contributed by atoms with Gasteiger partial charge in [-0.3, -0.25) is 9.59 Å². The van der Waals surface area contributed by atoms with E-state index in [0.717, 1.165) is 70.1 Å². The maximum Gasteiger partial charge on any atom is 0.305 e. The fourth-order valence-corrected chi connectivity index (χ4v) is 5.66. The molecular weight excluding hydrogens is 624 g/mol. The Labute approximate surface area is 308 Å². The molecule has 2 unspecified atom stereocenters. The lowest BCUT2D eigenvalue weighted by Crippen LogP contribution is -2.25. The lowest BCUT2D eigenvalue weighted by molar-refractivity contribution is -0.152. The van der Waals surface area contributed by atoms with Crippen LogP contribution in [0, 0.1) is 5.92 Å². The van der Waals surface area contributed by atoms with Gasteiger partial charge in [0.15, 0.2) is 0 Å². The number of unbranched alkanes of at least 4 members (excludes halogenated alkanes) is 14. The summed E-state index contributed by atoms with van der Waals surface area (Å²) in [5.74, 6) is 0.251. The predicted molar refractivity (Wildman–Crippen MR) is 211 cm³/mol. The summed E-state index contributed by atoms with van der Waals surface area (Å²) in [5.41, 5.74) is 0. The van der Waals surface area contributed by atoms with Crippen molar-refractivity contribution >= 4 is 11.9 Å². The topological polar surface area (TPSA) is 93.1 Å². The average molecular weight is 703 g/mol. The van der Waals surface area contributed by atoms with E-state index in [2.05, 4.69) is 69.4 Å². The van der Waals surface area contributed by atoms with Gasteiger partial charge in [0.2, 0.25) is 0 Å². The molecule has 0 bridgehead atoms. The average Bonchev–Trinajstić information content (AvgIpc) is 3.11. The molecule has 0 aromatic heterocycles. The Kier molecular flexibility index (Phi) is 36.4. The van der Waals surface area contributed by atoms with Gasteiger partial charge >= 0.3 is 11.9 Å². The van der Waals surface area contributed by atoms with Gasteiger partial charge in [0.1, 0.15) is 19.3 Å². The third kappa shape index (κ3) is 37.1. The molecule has 0 heterocycles. The first kappa shape index (κ1) is 47.8. The summed E-state index contributed by atoms with van der Waals surface area (Å²) in [6, 6.07) is 0. The van der Waals surface area contributed by atoms with Crippen LogP contribution in [0.3, 0.4) is 0 Å². The van der Waals surface area contributed by atoms with Crippen molar-refractivity contribution in [3.05, 3.63) is 48.6 Å². The van der Waals surface area contributed by atoms with Crippen molar-refractivity contribution in [1.29, 1.82) is 0 Å². The highest BCUT2D eigenvalue weighted by atomic mass is 16.6. The van der Waals surface area contributed by atoms with E-state index in [9.17, 15) is 19.8 Å². The maximum atomic E-state index is 12.0. The molecule has 0 aliphatic heterocycles. The highest BCUT2D eigenvalue weighted by Crippen LogP contribution is 2.16. The molecule has 0 aliphatic carbocycles. The molecule has 290 valence electrons. The summed E-state index contributed by atoms with van der Waals surface area (Å²) >= 11 is 0. The van der Waals surface area contributed by atoms with E-state index < -0.39 is 6.10 Å². The van der Waals surface area contributed by atoms with Crippen LogP contribution in [0.25, 0.3) is 0 Å². The number of carbonyl (C=O) groups excluding carboxylic acids is 2. The highest BCUT2D eigenvalue weighted by Gasteiger charge is 2.12. The Morgan fingerprint density at radius 3 is 1.42 bits per heavy atom. The first-order valence-electron chi connectivity index (χ1n) is 20.7. The second-order valence-electron chi connectivity index (χ2n) is 14.2. The number of aliphatic hydroxyl groups is 2. The zero-order valence-corrected chi connectivity index (χ0v) is 32.7. The number of hydrogen-bond acceptors (Lipinski definition) is 6. The number of hydrogen-bond donors (Lipinski definition) is 2. The second kappa shape index (κ2) is 38.1. The Bertz CT molecular complexity index is 876. The van der Waals surface area contributed by atoms with E-state index in [-0.39, 0.29) is 31.3 Å². The first-order valence-corrected chi connectivity index (χ1v) is 20.7. The minimum atomic E-state index is -0.995. The fourth-order valence-electron chi connectivity index (χ4n) is 5.66. The molecule has 0 aromatic carbocycles. The number of rotatable bonds is 36. The van der Waals surface area contributed by atoms with Crippen molar-refractivity contribution in [1.82, 2.24) is 0 Å². The molecule has 0 amide bonds. The lowest BCUT2D eigenvalue weighted by Gasteiger charge is -2.12. The minimum Gasteiger partial charge on any atom is -0.463 e. The fraction of sp³-hybridized carbons (Fsp3) is 0.773. The summed E-state index contributed by atoms with van der Waals surface area (Å²) in [6.45, 7) is 6.44. The van der Waals surface area contributed by atoms with Crippen molar-refractivity contribution in [2.24, 2.45) is 5.92 Å². The predicted octanol–water partition coefficient (Wildman–Crippen LogP) is 11.8. The Morgan fingerprint density at radius 2 is 0.940 bits per heavy atom. The smallest absolute Gasteiger partial charge is 0.305 e. The van der Waals surface area contributed by atoms with E-state index in [0.29, 0.717) is 19.3 Å². The normalized spacial score (nSPS) is 13.9. The van der Waals surface area contributed by atoms with Gasteiger partial charge in [-0.1, -0.05) is 172 Å². The van der Waals surface area contributed by atoms with Gasteiger partial charge in [-0.05, 0) is 57.3 Å². The monoisotopic (exact) mass is 703 g/mol. The third-order valence-corrected chi connectivity index (χ3v) is 9.16. The Hall–Kier alpha value is -2.18. The largest absolute Gasteiger partial charge is 0.463 e. The van der Waals surface area contributed by atoms with Crippen LogP contribution in [0.1, 0.15) is 188 Å². The van der Waals surface area contributed by atoms with E-state index in [1.807, 2.05) is 0 Å². The lowest BCUT2D eigenvalue weighted by atomic mass is 9.99. The quantitative estimate of drug-likeness (QED) is 0.0383. The highest BCUT2D eigenvalue weighted by molar-refractivity contribution is 5.69. The Morgan fingerprint density at radius 1 is 0.520 bits per heavy atom. The van der Waals surface area contributed by atoms with Crippen molar-refractivity contribution in [3.8, 4) is 0 Å². The summed E-state index contributed by atoms with van der Waals surface area (Å²) in [4.78, 5) is 23.9. The Balaban J connectivity index is 3.54. The first-order chi connectivity index (χ1) is 24.4. The van der Waals surface area contributed by atoms with Crippen molar-refractivity contribution < 1.29 is 29.3 Å². The van der Waals surface area contributed by atoms with E-state index >= 15 is 0 Å². The molecule has 0 spiro atoms. The molecule has 3 atom stereocenters. The zero-order valence-electron chi connectivity index (χ0n) is 32.7. The molecule has 2 N–H and O–H groups in total. The molecule has 6 nitrogen and oxygen atoms in total. The van der Waals surface area contributed by atoms with Gasteiger partial charge in [-0.25, -0.2) is 0 Å². The van der Waals surface area contributed by atoms with Crippen LogP contribution in [0.2, 0.25) is 0 Å². The van der Waals surface area contributed by atoms with Crippen LogP contribution in [0.15, 0.2) is 48.6 Å². The molecule has 50 heavy (non-hydrogen) atoms. The molecule has 0 rings (SSSR count). The van der Waals surface area contributed by atoms with E-state index in [1.54, 1.807) is 0 Å². The standard InChI is InChI=1S/C44H78O6/c1-4-33-41(45)35-30-26-22-18-14-10-8-12-16-20-24-28-32-37-44(48)50-39-42(46)38-49-43(47)36-31-27-23-19-15-11-7-6-9-13-17-21-25-29-34-40(3)5-2/h8,12,14,18,20,24,26,30,40-42,45-46H,4-7,9-11,13,15-17,19,21-23,25,27-29,31-39H2,1-3H3/b12-8-,18-14-,24-20-,30-26-/t40?,41?,42-/m1/s1. The molecule has 0 fully saturated rings. The zero-order chi connectivity index (χ0) is 36.8. The van der Waals surface area contributed by atoms with Gasteiger partial charge < -0.3 is 19.7 Å². The summed E-state index contributed by atoms with van der Waals surface area (Å²) < 4.78 is 10.3. The van der Waals surface area contributed by atoms with Gasteiger partial charge in [0.25, 0.3) is 0 Å². The summed E-state index contributed by atoms with van der Waals surface area (Å²) in [5, 5.41) is 19.7. The van der Waals surface area contributed by atoms with Gasteiger partial charge in [-0.2, -0.15) is 0 Å². The van der Waals surface area contributed by atoms with Crippen LogP contribution in [0.4, 0.5) is 0 Å². The van der Waals surface area contributed by atoms with Crippen LogP contribution >= 0.6 is 0 Å². The molecule has 6 heteroatoms. The van der Waals surface area contributed by atoms with Crippen molar-refractivity contribution in [3.63, 3.8) is 0 Å². The minimum absolute atomic E-state index is 0.141. The molecule has 0 saturated heterocycles. The summed E-state index contributed by atoms with van der Waals surface area (Å²) in [7, 11) is 0. The third-order valence-electron chi connectivity index (χ3n) is 9.16. The van der Waals surface area contributed by atoms with Gasteiger partial charge in [0.05, 0.1) is 6.10 Å². The van der Waals surface area contributed by atoms with Crippen molar-refractivity contribution in [2.45, 2.75) is 200 Å². The van der Waals surface area contributed by atoms with Gasteiger partial charge in [0, 0.05) is 12.8 Å². The SMILES string of the molecule is CCCC(O)C/C=C\C/C=C\C/C=C\C/C=C\CCCC(=O)OC[C@H](O)COC(=O)CCCCCCCCCCCCCCCCC(C)CC. The van der Waals surface area contributed by atoms with Crippen LogP contribution < -0.4 is 0 Å². The maximum absolute atomic E-state index is 12.0. The number of allylic oxidation sites excluding steroid dienone is 7. The van der Waals surface area contributed by atoms with Crippen LogP contribution in [-0.4, -0.2) is 47.6 Å². The molecular formula is C44H78O6. The van der Waals surface area contributed by atoms with Crippen LogP contribution in [0.5, 0.6) is 0 Å².